The van der Waals surface area contributed by atoms with Crippen molar-refractivity contribution in [2.75, 3.05) is 25.2 Å². The molecule has 0 saturated heterocycles. The summed E-state index contributed by atoms with van der Waals surface area (Å²) in [5.41, 5.74) is 3.29. The summed E-state index contributed by atoms with van der Waals surface area (Å²) in [5, 5.41) is 4.29. The number of nitrogens with zero attached hydrogens (tertiary/aromatic N) is 7. The molecule has 3 aromatic heterocycles. The minimum atomic E-state index is -0.337. The van der Waals surface area contributed by atoms with Gasteiger partial charge >= 0.3 is 0 Å². The Bertz CT molecular complexity index is 1380. The van der Waals surface area contributed by atoms with Crippen molar-refractivity contribution >= 4 is 12.3 Å². The number of pyridine rings is 1. The van der Waals surface area contributed by atoms with Gasteiger partial charge in [0.2, 0.25) is 0 Å². The van der Waals surface area contributed by atoms with E-state index in [2.05, 4.69) is 19.8 Å². The van der Waals surface area contributed by atoms with Gasteiger partial charge in [-0.3, -0.25) is 9.78 Å². The average molecular weight is 490 g/mol. The highest BCUT2D eigenvalue weighted by molar-refractivity contribution is 5.59. The molecule has 184 valence electrons. The van der Waals surface area contributed by atoms with Gasteiger partial charge in [-0.15, -0.1) is 0 Å². The van der Waals surface area contributed by atoms with Gasteiger partial charge in [0.05, 0.1) is 12.2 Å². The topological polar surface area (TPSA) is 108 Å². The first-order valence-corrected chi connectivity index (χ1v) is 11.5. The van der Waals surface area contributed by atoms with Crippen LogP contribution < -0.4 is 9.64 Å². The van der Waals surface area contributed by atoms with Gasteiger partial charge < -0.3 is 14.4 Å². The number of hydrogen-bond acceptors (Lipinski definition) is 9. The molecule has 1 aliphatic rings. The molecule has 0 bridgehead atoms. The second kappa shape index (κ2) is 10.5. The van der Waals surface area contributed by atoms with E-state index < -0.39 is 0 Å². The van der Waals surface area contributed by atoms with Crippen molar-refractivity contribution < 1.29 is 18.7 Å². The van der Waals surface area contributed by atoms with Crippen LogP contribution in [0.5, 0.6) is 5.75 Å². The monoisotopic (exact) mass is 489 g/mol. The summed E-state index contributed by atoms with van der Waals surface area (Å²) in [6, 6.07) is 9.73. The second-order valence-corrected chi connectivity index (χ2v) is 8.27. The highest BCUT2D eigenvalue weighted by atomic mass is 19.1. The molecule has 0 saturated carbocycles. The molecule has 0 aliphatic heterocycles. The van der Waals surface area contributed by atoms with Gasteiger partial charge in [0.25, 0.3) is 6.47 Å². The molecule has 0 spiro atoms. The minimum Gasteiger partial charge on any atom is -0.490 e. The number of halogens is 1. The molecule has 1 aliphatic carbocycles. The Labute approximate surface area is 206 Å². The molecule has 4 aromatic rings. The fourth-order valence-corrected chi connectivity index (χ4v) is 4.21. The lowest BCUT2D eigenvalue weighted by Gasteiger charge is -2.21. The van der Waals surface area contributed by atoms with Crippen LogP contribution in [0.4, 0.5) is 10.2 Å². The molecule has 0 atom stereocenters. The lowest BCUT2D eigenvalue weighted by Crippen LogP contribution is -2.23. The predicted octanol–water partition coefficient (Wildman–Crippen LogP) is 2.94. The van der Waals surface area contributed by atoms with Crippen LogP contribution in [0.3, 0.4) is 0 Å². The van der Waals surface area contributed by atoms with E-state index in [4.69, 9.17) is 14.7 Å². The summed E-state index contributed by atoms with van der Waals surface area (Å²) in [6.45, 7) is 1.18. The van der Waals surface area contributed by atoms with Crippen LogP contribution in [0.15, 0.2) is 48.9 Å². The maximum Gasteiger partial charge on any atom is 0.293 e. The van der Waals surface area contributed by atoms with Gasteiger partial charge in [-0.05, 0) is 43.5 Å². The number of ether oxygens (including phenoxy) is 2. The summed E-state index contributed by atoms with van der Waals surface area (Å²) in [4.78, 5) is 30.8. The van der Waals surface area contributed by atoms with Gasteiger partial charge in [-0.1, -0.05) is 6.07 Å². The second-order valence-electron chi connectivity index (χ2n) is 8.27. The zero-order valence-corrected chi connectivity index (χ0v) is 19.7. The number of fused-ring (bicyclic) bond motifs is 1. The maximum atomic E-state index is 13.8. The largest absolute Gasteiger partial charge is 0.490 e. The Morgan fingerprint density at radius 2 is 2.06 bits per heavy atom. The van der Waals surface area contributed by atoms with Crippen LogP contribution in [0.25, 0.3) is 17.2 Å². The van der Waals surface area contributed by atoms with Crippen molar-refractivity contribution in [3.63, 3.8) is 0 Å². The lowest BCUT2D eigenvalue weighted by molar-refractivity contribution is -0.129. The zero-order chi connectivity index (χ0) is 24.9. The van der Waals surface area contributed by atoms with E-state index in [1.54, 1.807) is 35.1 Å². The van der Waals surface area contributed by atoms with Gasteiger partial charge in [0.15, 0.2) is 11.6 Å². The minimum absolute atomic E-state index is 0.158. The molecular weight excluding hydrogens is 465 g/mol. The van der Waals surface area contributed by atoms with Crippen LogP contribution in [-0.2, 0) is 28.9 Å². The molecule has 36 heavy (non-hydrogen) atoms. The molecule has 0 N–H and O–H groups in total. The van der Waals surface area contributed by atoms with Gasteiger partial charge in [0, 0.05) is 30.6 Å². The molecular formula is C25H24FN7O3. The smallest absolute Gasteiger partial charge is 0.293 e. The van der Waals surface area contributed by atoms with Gasteiger partial charge in [0.1, 0.15) is 42.6 Å². The number of anilines is 1. The number of aryl methyl sites for hydroxylation is 1. The van der Waals surface area contributed by atoms with Gasteiger partial charge in [-0.2, -0.15) is 5.10 Å². The van der Waals surface area contributed by atoms with Crippen molar-refractivity contribution in [1.29, 1.82) is 0 Å². The summed E-state index contributed by atoms with van der Waals surface area (Å²) >= 11 is 0. The Kier molecular flexibility index (Phi) is 6.78. The van der Waals surface area contributed by atoms with Crippen molar-refractivity contribution in [2.24, 2.45) is 0 Å². The molecule has 0 unspecified atom stereocenters. The van der Waals surface area contributed by atoms with Crippen LogP contribution >= 0.6 is 0 Å². The predicted molar refractivity (Wildman–Crippen MR) is 128 cm³/mol. The first-order valence-electron chi connectivity index (χ1n) is 11.5. The van der Waals surface area contributed by atoms with Gasteiger partial charge in [-0.25, -0.2) is 24.0 Å². The number of benzene rings is 1. The fourth-order valence-electron chi connectivity index (χ4n) is 4.21. The highest BCUT2D eigenvalue weighted by Crippen LogP contribution is 2.32. The Morgan fingerprint density at radius 1 is 1.14 bits per heavy atom. The number of aromatic nitrogens is 6. The number of carbonyl (C=O) groups is 1. The van der Waals surface area contributed by atoms with E-state index in [0.29, 0.717) is 41.8 Å². The quantitative estimate of drug-likeness (QED) is 0.245. The maximum absolute atomic E-state index is 13.8. The third-order valence-corrected chi connectivity index (χ3v) is 5.82. The Morgan fingerprint density at radius 3 is 2.92 bits per heavy atom. The number of rotatable bonds is 10. The Balaban J connectivity index is 1.42. The van der Waals surface area contributed by atoms with E-state index in [0.717, 1.165) is 36.3 Å². The zero-order valence-electron chi connectivity index (χ0n) is 19.7. The standard InChI is InChI=1S/C25H24FN7O3/c1-32(14-23-28-15-29-33(23)18-5-2-4-17(26)12-18)25-20-6-3-7-21(20)30-24(31-25)22-13-19(8-9-27-22)36-11-10-35-16-34/h2,4-5,8-9,12-13,15-16H,3,6-7,10-11,14H2,1H3. The van der Waals surface area contributed by atoms with Crippen molar-refractivity contribution in [3.8, 4) is 23.0 Å². The molecule has 11 heteroatoms. The SMILES string of the molecule is CN(Cc1ncnn1-c1cccc(F)c1)c1nc(-c2cc(OCCOC=O)ccn2)nc2c1CCC2. The van der Waals surface area contributed by atoms with Crippen LogP contribution in [0, 0.1) is 5.82 Å². The third kappa shape index (κ3) is 4.99. The van der Waals surface area contributed by atoms with E-state index in [9.17, 15) is 9.18 Å². The number of carbonyl (C=O) groups excluding carboxylic acids is 1. The summed E-state index contributed by atoms with van der Waals surface area (Å²) in [6.07, 6.45) is 5.84. The fraction of sp³-hybridized carbons (Fsp3) is 0.280. The van der Waals surface area contributed by atoms with Crippen LogP contribution in [0.1, 0.15) is 23.5 Å². The molecule has 1 aromatic carbocycles. The first kappa shape index (κ1) is 23.3. The highest BCUT2D eigenvalue weighted by Gasteiger charge is 2.23. The normalized spacial score (nSPS) is 12.3. The van der Waals surface area contributed by atoms with Crippen LogP contribution in [0.2, 0.25) is 0 Å². The molecule has 10 nitrogen and oxygen atoms in total. The van der Waals surface area contributed by atoms with E-state index in [-0.39, 0.29) is 19.0 Å². The van der Waals surface area contributed by atoms with Crippen molar-refractivity contribution in [1.82, 2.24) is 29.7 Å². The van der Waals surface area contributed by atoms with E-state index in [1.165, 1.54) is 18.5 Å². The molecule has 5 rings (SSSR count). The van der Waals surface area contributed by atoms with E-state index in [1.807, 2.05) is 11.9 Å². The molecule has 0 fully saturated rings. The molecule has 0 amide bonds. The lowest BCUT2D eigenvalue weighted by atomic mass is 10.2. The average Bonchev–Trinajstić information content (AvgIpc) is 3.56. The number of hydrogen-bond donors (Lipinski definition) is 0. The summed E-state index contributed by atoms with van der Waals surface area (Å²) in [5.74, 6) is 2.20. The summed E-state index contributed by atoms with van der Waals surface area (Å²) in [7, 11) is 1.94. The van der Waals surface area contributed by atoms with Crippen molar-refractivity contribution in [2.45, 2.75) is 25.8 Å². The third-order valence-electron chi connectivity index (χ3n) is 5.82. The Hall–Kier alpha value is -4.41. The van der Waals surface area contributed by atoms with Crippen molar-refractivity contribution in [3.05, 3.63) is 71.8 Å². The van der Waals surface area contributed by atoms with Crippen LogP contribution in [-0.4, -0.2) is 56.5 Å². The van der Waals surface area contributed by atoms with E-state index >= 15 is 0 Å². The molecule has 3 heterocycles. The summed E-state index contributed by atoms with van der Waals surface area (Å²) < 4.78 is 25.7. The first-order chi connectivity index (χ1) is 17.6. The molecule has 0 radical (unpaired) electrons.